The van der Waals surface area contributed by atoms with Crippen molar-refractivity contribution in [3.8, 4) is 0 Å². The fourth-order valence-electron chi connectivity index (χ4n) is 3.75. The van der Waals surface area contributed by atoms with Gasteiger partial charge in [-0.15, -0.1) is 0 Å². The number of allylic oxidation sites excluding steroid dienone is 3. The van der Waals surface area contributed by atoms with Gasteiger partial charge in [-0.1, -0.05) is 51.1 Å². The zero-order chi connectivity index (χ0) is 20.6. The van der Waals surface area contributed by atoms with Crippen molar-refractivity contribution in [2.75, 3.05) is 25.2 Å². The first-order valence-corrected chi connectivity index (χ1v) is 12.9. The zero-order valence-electron chi connectivity index (χ0n) is 18.0. The Morgan fingerprint density at radius 3 is 2.50 bits per heavy atom. The molecule has 0 unspecified atom stereocenters. The Morgan fingerprint density at radius 1 is 1.21 bits per heavy atom. The molecule has 5 heteroatoms. The minimum absolute atomic E-state index is 0.0874. The number of carbonyl (C=O) groups excluding carboxylic acids is 1. The van der Waals surface area contributed by atoms with E-state index < -0.39 is 13.7 Å². The zero-order valence-corrected chi connectivity index (χ0v) is 19.0. The van der Waals surface area contributed by atoms with Gasteiger partial charge in [0.15, 0.2) is 8.32 Å². The van der Waals surface area contributed by atoms with E-state index in [1.54, 1.807) is 7.11 Å². The monoisotopic (exact) mass is 399 g/mol. The molecule has 1 heterocycles. The minimum Gasteiger partial charge on any atom is -0.501 e. The second-order valence-corrected chi connectivity index (χ2v) is 14.2. The van der Waals surface area contributed by atoms with E-state index in [1.807, 2.05) is 47.4 Å². The van der Waals surface area contributed by atoms with E-state index in [2.05, 4.69) is 39.9 Å². The number of nitrogens with zero attached hydrogens (tertiary/aromatic N) is 1. The van der Waals surface area contributed by atoms with Gasteiger partial charge in [0.2, 0.25) is 5.91 Å². The summed E-state index contributed by atoms with van der Waals surface area (Å²) in [5.74, 6) is 1.08. The Hall–Kier alpha value is -1.85. The second kappa shape index (κ2) is 7.52. The molecular formula is C23H33NO3Si. The van der Waals surface area contributed by atoms with Crippen molar-refractivity contribution >= 4 is 19.9 Å². The average Bonchev–Trinajstić information content (AvgIpc) is 2.92. The van der Waals surface area contributed by atoms with E-state index in [0.717, 1.165) is 11.4 Å². The highest BCUT2D eigenvalue weighted by molar-refractivity contribution is 6.74. The molecule has 1 spiro atoms. The van der Waals surface area contributed by atoms with Gasteiger partial charge in [0, 0.05) is 31.2 Å². The quantitative estimate of drug-likeness (QED) is 0.643. The van der Waals surface area contributed by atoms with Gasteiger partial charge in [-0.2, -0.15) is 0 Å². The number of hydrogen-bond donors (Lipinski definition) is 0. The lowest BCUT2D eigenvalue weighted by atomic mass is 9.72. The van der Waals surface area contributed by atoms with Crippen LogP contribution in [-0.4, -0.2) is 34.5 Å². The largest absolute Gasteiger partial charge is 0.501 e. The van der Waals surface area contributed by atoms with Crippen LogP contribution >= 0.6 is 0 Å². The number of ether oxygens (including phenoxy) is 1. The van der Waals surface area contributed by atoms with Crippen molar-refractivity contribution in [2.45, 2.75) is 45.3 Å². The molecule has 0 aromatic heterocycles. The minimum atomic E-state index is -1.90. The summed E-state index contributed by atoms with van der Waals surface area (Å²) in [7, 11) is -0.226. The van der Waals surface area contributed by atoms with Crippen LogP contribution < -0.4 is 4.90 Å². The third kappa shape index (κ3) is 3.70. The van der Waals surface area contributed by atoms with Gasteiger partial charge in [0.1, 0.15) is 0 Å². The summed E-state index contributed by atoms with van der Waals surface area (Å²) in [6, 6.07) is 9.94. The van der Waals surface area contributed by atoms with Gasteiger partial charge < -0.3 is 14.1 Å². The van der Waals surface area contributed by atoms with E-state index in [1.165, 1.54) is 0 Å². The maximum Gasteiger partial charge on any atom is 0.237 e. The van der Waals surface area contributed by atoms with Gasteiger partial charge in [-0.25, -0.2) is 0 Å². The highest BCUT2D eigenvalue weighted by Crippen LogP contribution is 2.48. The van der Waals surface area contributed by atoms with Crippen molar-refractivity contribution in [3.05, 3.63) is 54.3 Å². The highest BCUT2D eigenvalue weighted by Gasteiger charge is 2.54. The summed E-state index contributed by atoms with van der Waals surface area (Å²) in [6.45, 7) is 12.5. The Morgan fingerprint density at radius 2 is 1.89 bits per heavy atom. The first-order chi connectivity index (χ1) is 13.1. The first kappa shape index (κ1) is 20.9. The van der Waals surface area contributed by atoms with E-state index in [0.29, 0.717) is 19.6 Å². The van der Waals surface area contributed by atoms with Crippen molar-refractivity contribution in [1.82, 2.24) is 0 Å². The third-order valence-electron chi connectivity index (χ3n) is 6.70. The average molecular weight is 400 g/mol. The van der Waals surface area contributed by atoms with E-state index in [-0.39, 0.29) is 16.9 Å². The Kier molecular flexibility index (Phi) is 5.61. The molecule has 1 fully saturated rings. The number of amides is 1. The normalized spacial score (nSPS) is 25.4. The van der Waals surface area contributed by atoms with Crippen LogP contribution in [0.2, 0.25) is 18.1 Å². The summed E-state index contributed by atoms with van der Waals surface area (Å²) in [6.07, 6.45) is 6.58. The van der Waals surface area contributed by atoms with Gasteiger partial charge in [-0.05, 0) is 36.3 Å². The lowest BCUT2D eigenvalue weighted by Crippen LogP contribution is -2.44. The van der Waals surface area contributed by atoms with Crippen molar-refractivity contribution in [2.24, 2.45) is 11.3 Å². The molecular weight excluding hydrogens is 366 g/mol. The van der Waals surface area contributed by atoms with E-state index in [4.69, 9.17) is 9.16 Å². The molecule has 2 aliphatic rings. The number of hydrogen-bond acceptors (Lipinski definition) is 3. The summed E-state index contributed by atoms with van der Waals surface area (Å²) >= 11 is 0. The fourth-order valence-corrected chi connectivity index (χ4v) is 4.80. The summed E-state index contributed by atoms with van der Waals surface area (Å²) < 4.78 is 12.1. The summed E-state index contributed by atoms with van der Waals surface area (Å²) in [5.41, 5.74) is 0.349. The second-order valence-electron chi connectivity index (χ2n) is 9.43. The van der Waals surface area contributed by atoms with Crippen molar-refractivity contribution < 1.29 is 14.0 Å². The van der Waals surface area contributed by atoms with Crippen LogP contribution in [0.4, 0.5) is 5.69 Å². The Labute approximate surface area is 170 Å². The predicted molar refractivity (Wildman–Crippen MR) is 117 cm³/mol. The molecule has 0 radical (unpaired) electrons. The molecule has 1 aliphatic carbocycles. The summed E-state index contributed by atoms with van der Waals surface area (Å²) in [5, 5.41) is 0.141. The molecule has 1 aromatic rings. The predicted octanol–water partition coefficient (Wildman–Crippen LogP) is 5.15. The highest BCUT2D eigenvalue weighted by atomic mass is 28.4. The molecule has 1 saturated heterocycles. The molecule has 2 atom stereocenters. The smallest absolute Gasteiger partial charge is 0.237 e. The topological polar surface area (TPSA) is 38.8 Å². The molecule has 28 heavy (non-hydrogen) atoms. The molecule has 1 aliphatic heterocycles. The van der Waals surface area contributed by atoms with Crippen LogP contribution in [0, 0.1) is 11.3 Å². The SMILES string of the molecule is COC1=CC=C[C@]2(C1)C(=O)N(c1ccccc1)C[C@H]2CO[Si](C)(C)C(C)(C)C. The number of carbonyl (C=O) groups is 1. The van der Waals surface area contributed by atoms with Crippen LogP contribution in [-0.2, 0) is 14.0 Å². The van der Waals surface area contributed by atoms with Crippen molar-refractivity contribution in [3.63, 3.8) is 0 Å². The first-order valence-electron chi connectivity index (χ1n) is 10.0. The molecule has 0 bridgehead atoms. The number of para-hydroxylation sites is 1. The van der Waals surface area contributed by atoms with Gasteiger partial charge in [0.05, 0.1) is 18.3 Å². The fraction of sp³-hybridized carbons (Fsp3) is 0.522. The van der Waals surface area contributed by atoms with E-state index in [9.17, 15) is 4.79 Å². The van der Waals surface area contributed by atoms with Gasteiger partial charge in [-0.3, -0.25) is 4.79 Å². The van der Waals surface area contributed by atoms with E-state index >= 15 is 0 Å². The van der Waals surface area contributed by atoms with Crippen LogP contribution in [0.1, 0.15) is 27.2 Å². The summed E-state index contributed by atoms with van der Waals surface area (Å²) in [4.78, 5) is 15.5. The maximum absolute atomic E-state index is 13.6. The molecule has 3 rings (SSSR count). The molecule has 0 N–H and O–H groups in total. The lowest BCUT2D eigenvalue weighted by molar-refractivity contribution is -0.125. The standard InChI is InChI=1S/C23H33NO3Si/c1-22(2,3)28(5,6)27-17-18-16-24(19-11-8-7-9-12-19)21(25)23(18)14-10-13-20(15-23)26-4/h7-14,18H,15-17H2,1-6H3/t18-,23+/m0/s1. The van der Waals surface area contributed by atoms with Crippen LogP contribution in [0.25, 0.3) is 0 Å². The molecule has 4 nitrogen and oxygen atoms in total. The van der Waals surface area contributed by atoms with Gasteiger partial charge >= 0.3 is 0 Å². The van der Waals surface area contributed by atoms with Crippen LogP contribution in [0.5, 0.6) is 0 Å². The lowest BCUT2D eigenvalue weighted by Gasteiger charge is -2.39. The number of methoxy groups -OCH3 is 1. The number of anilines is 1. The Bertz CT molecular complexity index is 779. The molecule has 1 aromatic carbocycles. The third-order valence-corrected chi connectivity index (χ3v) is 11.2. The maximum atomic E-state index is 13.6. The number of benzene rings is 1. The van der Waals surface area contributed by atoms with Gasteiger partial charge in [0.25, 0.3) is 0 Å². The Balaban J connectivity index is 1.91. The van der Waals surface area contributed by atoms with Crippen molar-refractivity contribution in [1.29, 1.82) is 0 Å². The molecule has 152 valence electrons. The van der Waals surface area contributed by atoms with Crippen LogP contribution in [0.3, 0.4) is 0 Å². The molecule has 0 saturated carbocycles. The molecule has 1 amide bonds. The number of rotatable bonds is 5. The van der Waals surface area contributed by atoms with Crippen LogP contribution in [0.15, 0.2) is 54.3 Å².